The number of carbonyl (C=O) groups excluding carboxylic acids is 1. The number of carbonyl (C=O) groups is 1. The van der Waals surface area contributed by atoms with E-state index in [1.807, 2.05) is 12.1 Å². The van der Waals surface area contributed by atoms with E-state index < -0.39 is 0 Å². The van der Waals surface area contributed by atoms with E-state index in [0.29, 0.717) is 11.2 Å². The van der Waals surface area contributed by atoms with Crippen LogP contribution in [-0.2, 0) is 18.9 Å². The van der Waals surface area contributed by atoms with Crippen molar-refractivity contribution in [2.75, 3.05) is 27.2 Å². The summed E-state index contributed by atoms with van der Waals surface area (Å²) in [6.07, 6.45) is 4.46. The summed E-state index contributed by atoms with van der Waals surface area (Å²) in [6, 6.07) is 6.02. The van der Waals surface area contributed by atoms with Crippen molar-refractivity contribution in [3.63, 3.8) is 0 Å². The van der Waals surface area contributed by atoms with Crippen LogP contribution >= 0.6 is 0 Å². The Balaban J connectivity index is 1.78. The summed E-state index contributed by atoms with van der Waals surface area (Å²) in [5.41, 5.74) is 4.53. The normalized spacial score (nSPS) is 18.8. The van der Waals surface area contributed by atoms with Gasteiger partial charge < -0.3 is 19.5 Å². The molecule has 2 aromatic rings. The van der Waals surface area contributed by atoms with Gasteiger partial charge in [-0.15, -0.1) is 0 Å². The Morgan fingerprint density at radius 1 is 1.25 bits per heavy atom. The molecular weight excluding hydrogens is 302 g/mol. The van der Waals surface area contributed by atoms with E-state index in [-0.39, 0.29) is 6.09 Å². The molecule has 24 heavy (non-hydrogen) atoms. The van der Waals surface area contributed by atoms with Gasteiger partial charge in [0.1, 0.15) is 5.75 Å². The van der Waals surface area contributed by atoms with Gasteiger partial charge in [0.2, 0.25) is 0 Å². The van der Waals surface area contributed by atoms with Gasteiger partial charge in [0.05, 0.1) is 0 Å². The van der Waals surface area contributed by atoms with Crippen molar-refractivity contribution in [3.05, 3.63) is 29.5 Å². The number of rotatable bonds is 1. The molecule has 2 heterocycles. The number of piperidine rings is 1. The predicted molar refractivity (Wildman–Crippen MR) is 94.7 cm³/mol. The second kappa shape index (κ2) is 5.52. The molecule has 1 spiro atoms. The lowest BCUT2D eigenvalue weighted by molar-refractivity contribution is 0.172. The fraction of sp³-hybridized carbons (Fsp3) is 0.526. The fourth-order valence-electron chi connectivity index (χ4n) is 4.56. The zero-order valence-electron chi connectivity index (χ0n) is 14.7. The molecule has 0 saturated carbocycles. The second-order valence-corrected chi connectivity index (χ2v) is 7.36. The zero-order chi connectivity index (χ0) is 16.9. The molecule has 1 fully saturated rings. The maximum absolute atomic E-state index is 11.8. The molecule has 1 saturated heterocycles. The molecule has 0 bridgehead atoms. The lowest BCUT2D eigenvalue weighted by atomic mass is 9.76. The molecule has 1 N–H and O–H groups in total. The summed E-state index contributed by atoms with van der Waals surface area (Å²) < 4.78 is 7.83. The minimum absolute atomic E-state index is 0.328. The first kappa shape index (κ1) is 15.5. The lowest BCUT2D eigenvalue weighted by Crippen LogP contribution is -2.39. The summed E-state index contributed by atoms with van der Waals surface area (Å²) in [4.78, 5) is 13.3. The number of nitrogens with one attached hydrogen (secondary N) is 1. The Morgan fingerprint density at radius 3 is 2.71 bits per heavy atom. The summed E-state index contributed by atoms with van der Waals surface area (Å²) >= 11 is 0. The average Bonchev–Trinajstić information content (AvgIpc) is 3.06. The van der Waals surface area contributed by atoms with Crippen molar-refractivity contribution in [2.24, 2.45) is 7.05 Å². The van der Waals surface area contributed by atoms with E-state index in [9.17, 15) is 4.79 Å². The zero-order valence-corrected chi connectivity index (χ0v) is 14.7. The fourth-order valence-corrected chi connectivity index (χ4v) is 4.56. The Labute approximate surface area is 142 Å². The van der Waals surface area contributed by atoms with Crippen molar-refractivity contribution < 1.29 is 9.53 Å². The van der Waals surface area contributed by atoms with Crippen LogP contribution in [0, 0.1) is 0 Å². The predicted octanol–water partition coefficient (Wildman–Crippen LogP) is 2.81. The SMILES string of the molecule is CN(C)C(=O)Oc1ccc2c(c1)c1c(n2C)C2(CCNCC2)CC1. The van der Waals surface area contributed by atoms with Crippen LogP contribution in [0.15, 0.2) is 18.2 Å². The van der Waals surface area contributed by atoms with Crippen molar-refractivity contribution in [2.45, 2.75) is 31.1 Å². The maximum atomic E-state index is 11.8. The van der Waals surface area contributed by atoms with Crippen LogP contribution in [0.25, 0.3) is 10.9 Å². The van der Waals surface area contributed by atoms with Crippen LogP contribution in [0.4, 0.5) is 4.79 Å². The Morgan fingerprint density at radius 2 is 2.00 bits per heavy atom. The Bertz CT molecular complexity index is 801. The molecule has 0 unspecified atom stereocenters. The highest BCUT2D eigenvalue weighted by molar-refractivity contribution is 5.88. The second-order valence-electron chi connectivity index (χ2n) is 7.36. The van der Waals surface area contributed by atoms with Gasteiger partial charge in [0.15, 0.2) is 0 Å². The quantitative estimate of drug-likeness (QED) is 0.876. The molecule has 1 aliphatic heterocycles. The number of ether oxygens (including phenoxy) is 1. The van der Waals surface area contributed by atoms with Crippen LogP contribution in [0.5, 0.6) is 5.75 Å². The van der Waals surface area contributed by atoms with Crippen LogP contribution in [0.1, 0.15) is 30.5 Å². The van der Waals surface area contributed by atoms with E-state index >= 15 is 0 Å². The van der Waals surface area contributed by atoms with Gasteiger partial charge in [0, 0.05) is 43.2 Å². The van der Waals surface area contributed by atoms with Gasteiger partial charge in [-0.3, -0.25) is 0 Å². The summed E-state index contributed by atoms with van der Waals surface area (Å²) in [6.45, 7) is 2.21. The van der Waals surface area contributed by atoms with Crippen LogP contribution in [0.2, 0.25) is 0 Å². The highest BCUT2D eigenvalue weighted by Crippen LogP contribution is 2.48. The minimum Gasteiger partial charge on any atom is -0.410 e. The third-order valence-electron chi connectivity index (χ3n) is 5.76. The minimum atomic E-state index is -0.336. The number of hydrogen-bond acceptors (Lipinski definition) is 3. The molecule has 5 nitrogen and oxygen atoms in total. The van der Waals surface area contributed by atoms with E-state index in [1.54, 1.807) is 14.1 Å². The molecule has 5 heteroatoms. The van der Waals surface area contributed by atoms with Crippen molar-refractivity contribution >= 4 is 17.0 Å². The number of nitrogens with zero attached hydrogens (tertiary/aromatic N) is 2. The highest BCUT2D eigenvalue weighted by atomic mass is 16.6. The van der Waals surface area contributed by atoms with Gasteiger partial charge in [0.25, 0.3) is 0 Å². The van der Waals surface area contributed by atoms with Gasteiger partial charge in [-0.1, -0.05) is 0 Å². The topological polar surface area (TPSA) is 46.5 Å². The van der Waals surface area contributed by atoms with Gasteiger partial charge in [-0.05, 0) is 62.5 Å². The molecule has 0 radical (unpaired) electrons. The number of aryl methyl sites for hydroxylation is 2. The smallest absolute Gasteiger partial charge is 0.410 e. The van der Waals surface area contributed by atoms with Crippen molar-refractivity contribution in [1.82, 2.24) is 14.8 Å². The first-order chi connectivity index (χ1) is 11.5. The summed E-state index contributed by atoms with van der Waals surface area (Å²) in [7, 11) is 5.58. The number of hydrogen-bond donors (Lipinski definition) is 1. The summed E-state index contributed by atoms with van der Waals surface area (Å²) in [5, 5.41) is 4.73. The van der Waals surface area contributed by atoms with Gasteiger partial charge in [-0.2, -0.15) is 0 Å². The molecule has 1 aliphatic carbocycles. The van der Waals surface area contributed by atoms with Gasteiger partial charge in [-0.25, -0.2) is 4.79 Å². The van der Waals surface area contributed by atoms with Crippen LogP contribution in [-0.4, -0.2) is 42.7 Å². The number of benzene rings is 1. The van der Waals surface area contributed by atoms with E-state index in [0.717, 1.165) is 19.5 Å². The molecule has 1 aromatic heterocycles. The average molecular weight is 327 g/mol. The molecule has 2 aliphatic rings. The highest BCUT2D eigenvalue weighted by Gasteiger charge is 2.43. The molecule has 1 amide bonds. The monoisotopic (exact) mass is 327 g/mol. The maximum Gasteiger partial charge on any atom is 0.414 e. The molecule has 128 valence electrons. The van der Waals surface area contributed by atoms with Gasteiger partial charge >= 0.3 is 6.09 Å². The molecule has 4 rings (SSSR count). The number of aromatic nitrogens is 1. The first-order valence-electron chi connectivity index (χ1n) is 8.73. The molecular formula is C19H25N3O2. The third-order valence-corrected chi connectivity index (χ3v) is 5.76. The van der Waals surface area contributed by atoms with E-state index in [1.165, 1.54) is 46.3 Å². The lowest BCUT2D eigenvalue weighted by Gasteiger charge is -2.35. The van der Waals surface area contributed by atoms with Crippen LogP contribution in [0.3, 0.4) is 0 Å². The largest absolute Gasteiger partial charge is 0.414 e. The summed E-state index contributed by atoms with van der Waals surface area (Å²) in [5.74, 6) is 0.626. The van der Waals surface area contributed by atoms with E-state index in [4.69, 9.17) is 4.74 Å². The Kier molecular flexibility index (Phi) is 3.57. The first-order valence-corrected chi connectivity index (χ1v) is 8.73. The van der Waals surface area contributed by atoms with Crippen molar-refractivity contribution in [1.29, 1.82) is 0 Å². The third kappa shape index (κ3) is 2.22. The standard InChI is InChI=1S/C19H25N3O2/c1-21(2)18(23)24-13-4-5-16-15(12-13)14-6-7-19(17(14)22(16)3)8-10-20-11-9-19/h4-5,12,20H,6-11H2,1-3H3. The van der Waals surface area contributed by atoms with Crippen LogP contribution < -0.4 is 10.1 Å². The molecule has 1 aromatic carbocycles. The number of amides is 1. The molecule has 0 atom stereocenters. The number of fused-ring (bicyclic) bond motifs is 4. The van der Waals surface area contributed by atoms with E-state index in [2.05, 4.69) is 23.0 Å². The van der Waals surface area contributed by atoms with Crippen molar-refractivity contribution in [3.8, 4) is 5.75 Å². The Hall–Kier alpha value is -2.01.